The molecule has 0 aliphatic carbocycles. The van der Waals surface area contributed by atoms with Crippen molar-refractivity contribution >= 4 is 28.5 Å². The number of rotatable bonds is 8. The van der Waals surface area contributed by atoms with Gasteiger partial charge in [-0.3, -0.25) is 4.79 Å². The maximum atomic E-state index is 12.4. The molecule has 3 aromatic carbocycles. The van der Waals surface area contributed by atoms with Crippen LogP contribution in [-0.2, 0) is 13.0 Å². The molecule has 0 saturated carbocycles. The number of nitrogens with one attached hydrogen (secondary N) is 1. The summed E-state index contributed by atoms with van der Waals surface area (Å²) >= 11 is 6.03. The van der Waals surface area contributed by atoms with Gasteiger partial charge >= 0.3 is 0 Å². The summed E-state index contributed by atoms with van der Waals surface area (Å²) in [6, 6.07) is 23.2. The first-order valence-electron chi connectivity index (χ1n) is 10.2. The molecule has 1 aromatic heterocycles. The molecule has 6 heteroatoms. The van der Waals surface area contributed by atoms with E-state index in [1.165, 1.54) is 5.56 Å². The molecule has 0 saturated heterocycles. The van der Waals surface area contributed by atoms with E-state index in [4.69, 9.17) is 21.3 Å². The molecule has 4 rings (SSSR count). The van der Waals surface area contributed by atoms with E-state index in [-0.39, 0.29) is 5.91 Å². The van der Waals surface area contributed by atoms with E-state index in [1.807, 2.05) is 54.6 Å². The molecule has 0 bridgehead atoms. The molecule has 1 amide bonds. The highest BCUT2D eigenvalue weighted by molar-refractivity contribution is 6.30. The van der Waals surface area contributed by atoms with Crippen LogP contribution in [0.4, 0.5) is 0 Å². The Morgan fingerprint density at radius 1 is 1.06 bits per heavy atom. The van der Waals surface area contributed by atoms with Gasteiger partial charge in [0.25, 0.3) is 5.91 Å². The Bertz CT molecular complexity index is 1190. The first-order chi connectivity index (χ1) is 15.1. The van der Waals surface area contributed by atoms with Crippen LogP contribution in [-0.4, -0.2) is 29.1 Å². The number of hydrogen-bond acceptors (Lipinski definition) is 3. The van der Waals surface area contributed by atoms with Crippen LogP contribution in [0.1, 0.15) is 28.2 Å². The van der Waals surface area contributed by atoms with Gasteiger partial charge in [-0.2, -0.15) is 0 Å². The predicted molar refractivity (Wildman–Crippen MR) is 124 cm³/mol. The SMILES string of the molecule is COc1cccc(C(=O)NCCCc2nc3ccccc3n2Cc2ccc(Cl)cc2)c1. The highest BCUT2D eigenvalue weighted by atomic mass is 35.5. The average molecular weight is 434 g/mol. The van der Waals surface area contributed by atoms with Crippen molar-refractivity contribution in [1.82, 2.24) is 14.9 Å². The smallest absolute Gasteiger partial charge is 0.251 e. The largest absolute Gasteiger partial charge is 0.497 e. The van der Waals surface area contributed by atoms with Gasteiger partial charge < -0.3 is 14.6 Å². The number of nitrogens with zero attached hydrogens (tertiary/aromatic N) is 2. The molecule has 0 spiro atoms. The zero-order chi connectivity index (χ0) is 21.6. The third kappa shape index (κ3) is 5.06. The number of aryl methyl sites for hydroxylation is 1. The monoisotopic (exact) mass is 433 g/mol. The average Bonchev–Trinajstić information content (AvgIpc) is 3.15. The van der Waals surface area contributed by atoms with Crippen molar-refractivity contribution in [3.8, 4) is 5.75 Å². The maximum Gasteiger partial charge on any atom is 0.251 e. The number of hydrogen-bond donors (Lipinski definition) is 1. The molecule has 1 N–H and O–H groups in total. The summed E-state index contributed by atoms with van der Waals surface area (Å²) in [6.07, 6.45) is 1.56. The number of amides is 1. The quantitative estimate of drug-likeness (QED) is 0.393. The number of methoxy groups -OCH3 is 1. The summed E-state index contributed by atoms with van der Waals surface area (Å²) in [5.41, 5.74) is 3.84. The molecule has 0 fully saturated rings. The van der Waals surface area contributed by atoms with E-state index in [2.05, 4.69) is 16.0 Å². The van der Waals surface area contributed by atoms with E-state index in [0.717, 1.165) is 41.3 Å². The summed E-state index contributed by atoms with van der Waals surface area (Å²) < 4.78 is 7.43. The Kier molecular flexibility index (Phi) is 6.53. The topological polar surface area (TPSA) is 56.1 Å². The molecule has 158 valence electrons. The molecule has 1 heterocycles. The normalized spacial score (nSPS) is 10.9. The molecule has 4 aromatic rings. The number of fused-ring (bicyclic) bond motifs is 1. The minimum Gasteiger partial charge on any atom is -0.497 e. The summed E-state index contributed by atoms with van der Waals surface area (Å²) in [5.74, 6) is 1.57. The van der Waals surface area contributed by atoms with Gasteiger partial charge in [-0.15, -0.1) is 0 Å². The number of carbonyl (C=O) groups excluding carboxylic acids is 1. The number of imidazole rings is 1. The molecule has 5 nitrogen and oxygen atoms in total. The van der Waals surface area contributed by atoms with Crippen LogP contribution in [0.3, 0.4) is 0 Å². The van der Waals surface area contributed by atoms with E-state index in [0.29, 0.717) is 17.9 Å². The second-order valence-corrected chi connectivity index (χ2v) is 7.76. The lowest BCUT2D eigenvalue weighted by Gasteiger charge is -2.10. The van der Waals surface area contributed by atoms with Crippen molar-refractivity contribution < 1.29 is 9.53 Å². The van der Waals surface area contributed by atoms with Gasteiger partial charge in [-0.05, 0) is 54.4 Å². The maximum absolute atomic E-state index is 12.4. The molecule has 0 unspecified atom stereocenters. The summed E-state index contributed by atoms with van der Waals surface area (Å²) in [4.78, 5) is 17.2. The fourth-order valence-corrected chi connectivity index (χ4v) is 3.71. The summed E-state index contributed by atoms with van der Waals surface area (Å²) in [7, 11) is 1.59. The van der Waals surface area contributed by atoms with Crippen molar-refractivity contribution in [1.29, 1.82) is 0 Å². The molecule has 0 aliphatic rings. The van der Waals surface area contributed by atoms with Gasteiger partial charge in [0.2, 0.25) is 0 Å². The van der Waals surface area contributed by atoms with Gasteiger partial charge in [0.1, 0.15) is 11.6 Å². The number of carbonyl (C=O) groups is 1. The standard InChI is InChI=1S/C25H24ClN3O2/c1-31-21-7-4-6-19(16-21)25(30)27-15-5-10-24-28-22-8-2-3-9-23(22)29(24)17-18-11-13-20(26)14-12-18/h2-4,6-9,11-14,16H,5,10,15,17H2,1H3,(H,27,30). The lowest BCUT2D eigenvalue weighted by molar-refractivity contribution is 0.0953. The number of benzene rings is 3. The van der Waals surface area contributed by atoms with Crippen molar-refractivity contribution in [2.45, 2.75) is 19.4 Å². The predicted octanol–water partition coefficient (Wildman–Crippen LogP) is 5.11. The van der Waals surface area contributed by atoms with Crippen molar-refractivity contribution in [3.05, 3.63) is 94.8 Å². The Hall–Kier alpha value is -3.31. The molecule has 0 aliphatic heterocycles. The fourth-order valence-electron chi connectivity index (χ4n) is 3.58. The summed E-state index contributed by atoms with van der Waals surface area (Å²) in [5, 5.41) is 3.71. The second kappa shape index (κ2) is 9.67. The number of ether oxygens (including phenoxy) is 1. The molecular weight excluding hydrogens is 410 g/mol. The minimum absolute atomic E-state index is 0.103. The van der Waals surface area contributed by atoms with E-state index in [9.17, 15) is 4.79 Å². The number of halogens is 1. The van der Waals surface area contributed by atoms with Gasteiger partial charge in [0.15, 0.2) is 0 Å². The van der Waals surface area contributed by atoms with E-state index < -0.39 is 0 Å². The molecule has 0 radical (unpaired) electrons. The second-order valence-electron chi connectivity index (χ2n) is 7.32. The zero-order valence-corrected chi connectivity index (χ0v) is 18.1. The van der Waals surface area contributed by atoms with Crippen molar-refractivity contribution in [2.24, 2.45) is 0 Å². The molecule has 0 atom stereocenters. The first-order valence-corrected chi connectivity index (χ1v) is 10.6. The molecule has 31 heavy (non-hydrogen) atoms. The fraction of sp³-hybridized carbons (Fsp3) is 0.200. The Labute approximate surface area is 186 Å². The Balaban J connectivity index is 1.43. The van der Waals surface area contributed by atoms with Crippen LogP contribution in [0.2, 0.25) is 5.02 Å². The van der Waals surface area contributed by atoms with Crippen LogP contribution < -0.4 is 10.1 Å². The number of para-hydroxylation sites is 2. The van der Waals surface area contributed by atoms with Crippen LogP contribution in [0.15, 0.2) is 72.8 Å². The Morgan fingerprint density at radius 2 is 1.87 bits per heavy atom. The van der Waals surface area contributed by atoms with Gasteiger partial charge in [-0.1, -0.05) is 41.9 Å². The number of aromatic nitrogens is 2. The summed E-state index contributed by atoms with van der Waals surface area (Å²) in [6.45, 7) is 1.30. The lowest BCUT2D eigenvalue weighted by atomic mass is 10.2. The van der Waals surface area contributed by atoms with Crippen LogP contribution in [0, 0.1) is 0 Å². The van der Waals surface area contributed by atoms with Gasteiger partial charge in [-0.25, -0.2) is 4.98 Å². The van der Waals surface area contributed by atoms with Gasteiger partial charge in [0.05, 0.1) is 18.1 Å². The molecular formula is C25H24ClN3O2. The lowest BCUT2D eigenvalue weighted by Crippen LogP contribution is -2.25. The van der Waals surface area contributed by atoms with Gasteiger partial charge in [0, 0.05) is 30.1 Å². The van der Waals surface area contributed by atoms with Crippen LogP contribution >= 0.6 is 11.6 Å². The van der Waals surface area contributed by atoms with E-state index in [1.54, 1.807) is 19.2 Å². The zero-order valence-electron chi connectivity index (χ0n) is 17.3. The minimum atomic E-state index is -0.103. The highest BCUT2D eigenvalue weighted by Crippen LogP contribution is 2.20. The van der Waals surface area contributed by atoms with E-state index >= 15 is 0 Å². The third-order valence-corrected chi connectivity index (χ3v) is 5.43. The van der Waals surface area contributed by atoms with Crippen molar-refractivity contribution in [2.75, 3.05) is 13.7 Å². The Morgan fingerprint density at radius 3 is 2.68 bits per heavy atom. The third-order valence-electron chi connectivity index (χ3n) is 5.18. The highest BCUT2D eigenvalue weighted by Gasteiger charge is 2.12. The van der Waals surface area contributed by atoms with Crippen LogP contribution in [0.25, 0.3) is 11.0 Å². The van der Waals surface area contributed by atoms with Crippen molar-refractivity contribution in [3.63, 3.8) is 0 Å². The van der Waals surface area contributed by atoms with Crippen LogP contribution in [0.5, 0.6) is 5.75 Å². The first kappa shape index (κ1) is 20.9.